The van der Waals surface area contributed by atoms with E-state index in [-0.39, 0.29) is 41.0 Å². The van der Waals surface area contributed by atoms with Gasteiger partial charge in [-0.15, -0.1) is 0 Å². The van der Waals surface area contributed by atoms with Crippen molar-refractivity contribution in [1.82, 2.24) is 15.0 Å². The van der Waals surface area contributed by atoms with Crippen LogP contribution in [0.1, 0.15) is 29.6 Å². The Labute approximate surface area is 206 Å². The smallest absolute Gasteiger partial charge is 0.180 e. The molecule has 8 nitrogen and oxygen atoms in total. The summed E-state index contributed by atoms with van der Waals surface area (Å²) in [5.41, 5.74) is 2.13. The lowest BCUT2D eigenvalue weighted by atomic mass is 10.1. The lowest BCUT2D eigenvalue weighted by Gasteiger charge is -2.15. The van der Waals surface area contributed by atoms with Crippen molar-refractivity contribution in [3.63, 3.8) is 0 Å². The Hall–Kier alpha value is -4.60. The number of nitrogens with zero attached hydrogens (tertiary/aromatic N) is 3. The van der Waals surface area contributed by atoms with E-state index in [0.717, 1.165) is 17.8 Å². The van der Waals surface area contributed by atoms with Crippen LogP contribution in [0, 0.1) is 24.0 Å². The molecule has 0 aliphatic carbocycles. The Balaban J connectivity index is 1.57. The molecule has 4 rings (SSSR count). The van der Waals surface area contributed by atoms with Crippen molar-refractivity contribution < 1.29 is 18.6 Å². The molecule has 0 aliphatic rings. The van der Waals surface area contributed by atoms with Gasteiger partial charge < -0.3 is 20.5 Å². The van der Waals surface area contributed by atoms with Crippen LogP contribution < -0.4 is 15.4 Å². The van der Waals surface area contributed by atoms with E-state index in [4.69, 9.17) is 10.1 Å². The van der Waals surface area contributed by atoms with Crippen molar-refractivity contribution >= 4 is 22.9 Å². The van der Waals surface area contributed by atoms with Crippen LogP contribution in [0.15, 0.2) is 60.9 Å². The van der Waals surface area contributed by atoms with Crippen molar-refractivity contribution in [2.45, 2.75) is 20.4 Å². The summed E-state index contributed by atoms with van der Waals surface area (Å²) >= 11 is 0. The van der Waals surface area contributed by atoms with E-state index in [1.807, 2.05) is 6.92 Å². The Morgan fingerprint density at radius 2 is 1.83 bits per heavy atom. The van der Waals surface area contributed by atoms with Gasteiger partial charge in [0.05, 0.1) is 12.8 Å². The molecule has 0 amide bonds. The number of ether oxygens (including phenoxy) is 1. The van der Waals surface area contributed by atoms with Gasteiger partial charge in [-0.1, -0.05) is 18.2 Å². The minimum atomic E-state index is -0.734. The fourth-order valence-electron chi connectivity index (χ4n) is 3.51. The fraction of sp³-hybridized carbons (Fsp3) is 0.154. The molecule has 0 radical (unpaired) electrons. The van der Waals surface area contributed by atoms with Crippen LogP contribution >= 0.6 is 0 Å². The van der Waals surface area contributed by atoms with Crippen LogP contribution in [-0.4, -0.2) is 32.4 Å². The second kappa shape index (κ2) is 10.8. The molecule has 4 N–H and O–H groups in total. The maximum absolute atomic E-state index is 14.5. The molecular formula is C26H24F2N6O2. The van der Waals surface area contributed by atoms with Gasteiger partial charge in [0.1, 0.15) is 23.1 Å². The maximum atomic E-state index is 14.5. The summed E-state index contributed by atoms with van der Waals surface area (Å²) in [6.45, 7) is 3.71. The summed E-state index contributed by atoms with van der Waals surface area (Å²) in [6, 6.07) is 12.6. The molecule has 0 saturated heterocycles. The number of pyridine rings is 1. The van der Waals surface area contributed by atoms with E-state index in [2.05, 4.69) is 25.6 Å². The number of aryl methyl sites for hydroxylation is 1. The van der Waals surface area contributed by atoms with Crippen molar-refractivity contribution in [2.75, 3.05) is 17.2 Å². The number of aromatic hydroxyl groups is 1. The van der Waals surface area contributed by atoms with Gasteiger partial charge in [-0.2, -0.15) is 0 Å². The van der Waals surface area contributed by atoms with Crippen LogP contribution in [0.4, 0.5) is 26.0 Å². The molecule has 0 fully saturated rings. The van der Waals surface area contributed by atoms with E-state index in [0.29, 0.717) is 23.5 Å². The van der Waals surface area contributed by atoms with E-state index >= 15 is 0 Å². The minimum absolute atomic E-state index is 0.0419. The third-order valence-electron chi connectivity index (χ3n) is 5.23. The lowest BCUT2D eigenvalue weighted by Crippen LogP contribution is -2.13. The summed E-state index contributed by atoms with van der Waals surface area (Å²) in [6.07, 6.45) is 2.82. The second-order valence-electron chi connectivity index (χ2n) is 7.81. The number of hydrogen-bond donors (Lipinski definition) is 4. The van der Waals surface area contributed by atoms with Gasteiger partial charge >= 0.3 is 0 Å². The Kier molecular flexibility index (Phi) is 7.33. The van der Waals surface area contributed by atoms with E-state index < -0.39 is 11.6 Å². The third-order valence-corrected chi connectivity index (χ3v) is 5.23. The fourth-order valence-corrected chi connectivity index (χ4v) is 3.51. The standard InChI is InChI=1S/C26H24F2N6O2/c1-3-36-17-11-20(27)19(21(28)12-17)13-31-22-7-5-4-6-18(22)24(29)26-32-14-23(35)25(34-26)33-16-8-9-30-15(2)10-16/h4-12,14,29,31,35H,3,13H2,1-2H3,(H,30,32,33,34). The zero-order chi connectivity index (χ0) is 25.7. The van der Waals surface area contributed by atoms with Gasteiger partial charge in [-0.05, 0) is 32.0 Å². The summed E-state index contributed by atoms with van der Waals surface area (Å²) in [4.78, 5) is 12.5. The molecule has 2 heterocycles. The summed E-state index contributed by atoms with van der Waals surface area (Å²) in [7, 11) is 0. The van der Waals surface area contributed by atoms with Crippen LogP contribution in [-0.2, 0) is 6.54 Å². The summed E-state index contributed by atoms with van der Waals surface area (Å²) in [5.74, 6) is -1.36. The number of halogens is 2. The lowest BCUT2D eigenvalue weighted by molar-refractivity contribution is 0.335. The van der Waals surface area contributed by atoms with Crippen LogP contribution in [0.25, 0.3) is 0 Å². The minimum Gasteiger partial charge on any atom is -0.503 e. The second-order valence-corrected chi connectivity index (χ2v) is 7.81. The topological polar surface area (TPSA) is 116 Å². The molecule has 0 bridgehead atoms. The highest BCUT2D eigenvalue weighted by Gasteiger charge is 2.17. The molecule has 2 aromatic carbocycles. The first kappa shape index (κ1) is 24.5. The quantitative estimate of drug-likeness (QED) is 0.234. The molecule has 0 aliphatic heterocycles. The van der Waals surface area contributed by atoms with E-state index in [1.165, 1.54) is 6.20 Å². The first-order valence-corrected chi connectivity index (χ1v) is 11.1. The largest absolute Gasteiger partial charge is 0.503 e. The SMILES string of the molecule is CCOc1cc(F)c(CNc2ccccc2C(=N)c2ncc(O)c(Nc3ccnc(C)c3)n2)c(F)c1. The molecule has 2 aromatic heterocycles. The Morgan fingerprint density at radius 1 is 1.08 bits per heavy atom. The van der Waals surface area contributed by atoms with Crippen LogP contribution in [0.5, 0.6) is 11.5 Å². The zero-order valence-electron chi connectivity index (χ0n) is 19.6. The molecule has 10 heteroatoms. The molecular weight excluding hydrogens is 466 g/mol. The number of para-hydroxylation sites is 1. The number of hydrogen-bond acceptors (Lipinski definition) is 8. The van der Waals surface area contributed by atoms with Gasteiger partial charge in [0.15, 0.2) is 17.4 Å². The summed E-state index contributed by atoms with van der Waals surface area (Å²) in [5, 5.41) is 24.9. The highest BCUT2D eigenvalue weighted by atomic mass is 19.1. The maximum Gasteiger partial charge on any atom is 0.180 e. The van der Waals surface area contributed by atoms with E-state index in [9.17, 15) is 13.9 Å². The molecule has 0 atom stereocenters. The van der Waals surface area contributed by atoms with Crippen LogP contribution in [0.2, 0.25) is 0 Å². The average Bonchev–Trinajstić information content (AvgIpc) is 2.85. The average molecular weight is 491 g/mol. The highest BCUT2D eigenvalue weighted by molar-refractivity contribution is 6.12. The molecule has 36 heavy (non-hydrogen) atoms. The van der Waals surface area contributed by atoms with Crippen molar-refractivity contribution in [1.29, 1.82) is 5.41 Å². The molecule has 0 spiro atoms. The zero-order valence-corrected chi connectivity index (χ0v) is 19.6. The van der Waals surface area contributed by atoms with Crippen molar-refractivity contribution in [3.8, 4) is 11.5 Å². The number of nitrogens with one attached hydrogen (secondary N) is 3. The van der Waals surface area contributed by atoms with Gasteiger partial charge in [0.2, 0.25) is 0 Å². The van der Waals surface area contributed by atoms with Gasteiger partial charge in [0.25, 0.3) is 0 Å². The first-order chi connectivity index (χ1) is 17.4. The summed E-state index contributed by atoms with van der Waals surface area (Å²) < 4.78 is 34.2. The molecule has 4 aromatic rings. The van der Waals surface area contributed by atoms with Crippen molar-refractivity contribution in [2.24, 2.45) is 0 Å². The monoisotopic (exact) mass is 490 g/mol. The molecule has 0 unspecified atom stereocenters. The highest BCUT2D eigenvalue weighted by Crippen LogP contribution is 2.26. The predicted octanol–water partition coefficient (Wildman–Crippen LogP) is 5.33. The Morgan fingerprint density at radius 3 is 2.56 bits per heavy atom. The van der Waals surface area contributed by atoms with Crippen molar-refractivity contribution in [3.05, 3.63) is 95.2 Å². The number of aromatic nitrogens is 3. The normalized spacial score (nSPS) is 10.7. The van der Waals surface area contributed by atoms with Gasteiger partial charge in [0, 0.05) is 53.1 Å². The third kappa shape index (κ3) is 5.54. The Bertz CT molecular complexity index is 1390. The van der Waals surface area contributed by atoms with Gasteiger partial charge in [-0.3, -0.25) is 10.4 Å². The van der Waals surface area contributed by atoms with Crippen LogP contribution in [0.3, 0.4) is 0 Å². The predicted molar refractivity (Wildman–Crippen MR) is 133 cm³/mol. The van der Waals surface area contributed by atoms with Gasteiger partial charge in [-0.25, -0.2) is 18.7 Å². The molecule has 0 saturated carbocycles. The number of rotatable bonds is 9. The molecule has 184 valence electrons. The number of anilines is 3. The number of benzene rings is 2. The first-order valence-electron chi connectivity index (χ1n) is 11.1. The van der Waals surface area contributed by atoms with E-state index in [1.54, 1.807) is 49.5 Å².